The summed E-state index contributed by atoms with van der Waals surface area (Å²) in [6, 6.07) is 9.09. The number of aromatic nitrogens is 1. The molecule has 0 aliphatic heterocycles. The minimum Gasteiger partial charge on any atom is -0.452 e. The highest BCUT2D eigenvalue weighted by Gasteiger charge is 2.27. The van der Waals surface area contributed by atoms with Crippen LogP contribution in [0.3, 0.4) is 0 Å². The van der Waals surface area contributed by atoms with E-state index in [-0.39, 0.29) is 39.0 Å². The van der Waals surface area contributed by atoms with E-state index < -0.39 is 30.9 Å². The van der Waals surface area contributed by atoms with Crippen LogP contribution >= 0.6 is 11.6 Å². The van der Waals surface area contributed by atoms with E-state index in [0.717, 1.165) is 6.07 Å². The average Bonchev–Trinajstić information content (AvgIpc) is 3.08. The van der Waals surface area contributed by atoms with Crippen molar-refractivity contribution in [1.82, 2.24) is 5.16 Å². The van der Waals surface area contributed by atoms with Gasteiger partial charge in [0.15, 0.2) is 6.61 Å². The van der Waals surface area contributed by atoms with Crippen molar-refractivity contribution >= 4 is 29.2 Å². The highest BCUT2D eigenvalue weighted by atomic mass is 35.5. The van der Waals surface area contributed by atoms with E-state index in [1.807, 2.05) is 0 Å². The molecular formula is C20H14ClF3N2O5. The number of carbonyl (C=O) groups is 2. The maximum absolute atomic E-state index is 14.2. The molecule has 0 aliphatic carbocycles. The molecule has 0 saturated carbocycles. The number of nitrogens with one attached hydrogen (secondary N) is 1. The first-order chi connectivity index (χ1) is 14.8. The van der Waals surface area contributed by atoms with Crippen molar-refractivity contribution in [3.8, 4) is 17.0 Å². The number of alkyl halides is 2. The Morgan fingerprint density at radius 1 is 1.19 bits per heavy atom. The van der Waals surface area contributed by atoms with Gasteiger partial charge >= 0.3 is 12.6 Å². The summed E-state index contributed by atoms with van der Waals surface area (Å²) in [6.07, 6.45) is 0. The lowest BCUT2D eigenvalue weighted by Crippen LogP contribution is -2.21. The van der Waals surface area contributed by atoms with Gasteiger partial charge in [0.05, 0.1) is 10.6 Å². The predicted octanol–water partition coefficient (Wildman–Crippen LogP) is 4.84. The number of ether oxygens (including phenoxy) is 2. The zero-order valence-corrected chi connectivity index (χ0v) is 16.6. The fraction of sp³-hybridized carbons (Fsp3) is 0.150. The minimum atomic E-state index is -2.97. The summed E-state index contributed by atoms with van der Waals surface area (Å²) < 4.78 is 52.7. The molecule has 0 atom stereocenters. The zero-order chi connectivity index (χ0) is 22.5. The van der Waals surface area contributed by atoms with Crippen molar-refractivity contribution in [2.75, 3.05) is 11.9 Å². The van der Waals surface area contributed by atoms with Gasteiger partial charge < -0.3 is 19.3 Å². The summed E-state index contributed by atoms with van der Waals surface area (Å²) in [6.45, 7) is -2.22. The minimum absolute atomic E-state index is 0.0133. The standard InChI is InChI=1S/C20H14ClF3N2O5/c1-10-16(18(26-31-10)17-13(21)3-2-4-14(17)22)19(28)29-9-15(27)25-11-5-7-12(8-6-11)30-20(23)24/h2-8,20H,9H2,1H3,(H,25,27). The third-order valence-electron chi connectivity index (χ3n) is 3.96. The Bertz CT molecular complexity index is 1080. The number of aryl methyl sites for hydroxylation is 1. The first-order valence-corrected chi connectivity index (χ1v) is 9.06. The van der Waals surface area contributed by atoms with E-state index >= 15 is 0 Å². The molecule has 3 aromatic rings. The highest BCUT2D eigenvalue weighted by Crippen LogP contribution is 2.33. The average molecular weight is 455 g/mol. The van der Waals surface area contributed by atoms with Gasteiger partial charge in [0.1, 0.15) is 28.6 Å². The second kappa shape index (κ2) is 9.52. The van der Waals surface area contributed by atoms with Crippen LogP contribution in [-0.2, 0) is 9.53 Å². The number of hydrogen-bond donors (Lipinski definition) is 1. The smallest absolute Gasteiger partial charge is 0.387 e. The van der Waals surface area contributed by atoms with E-state index in [1.165, 1.54) is 43.3 Å². The lowest BCUT2D eigenvalue weighted by molar-refractivity contribution is -0.119. The van der Waals surface area contributed by atoms with E-state index in [4.69, 9.17) is 20.9 Å². The molecule has 0 aliphatic rings. The Balaban J connectivity index is 1.66. The van der Waals surface area contributed by atoms with Gasteiger partial charge in [-0.25, -0.2) is 9.18 Å². The molecular weight excluding hydrogens is 441 g/mol. The van der Waals surface area contributed by atoms with Gasteiger partial charge in [-0.3, -0.25) is 4.79 Å². The van der Waals surface area contributed by atoms with Gasteiger partial charge in [-0.2, -0.15) is 8.78 Å². The predicted molar refractivity (Wildman–Crippen MR) is 104 cm³/mol. The van der Waals surface area contributed by atoms with Crippen molar-refractivity contribution < 1.29 is 36.8 Å². The topological polar surface area (TPSA) is 90.7 Å². The summed E-state index contributed by atoms with van der Waals surface area (Å²) in [7, 11) is 0. The van der Waals surface area contributed by atoms with E-state index in [9.17, 15) is 22.8 Å². The van der Waals surface area contributed by atoms with Crippen LogP contribution in [0.1, 0.15) is 16.1 Å². The third-order valence-corrected chi connectivity index (χ3v) is 4.28. The van der Waals surface area contributed by atoms with Gasteiger partial charge in [0.25, 0.3) is 5.91 Å². The van der Waals surface area contributed by atoms with Crippen molar-refractivity contribution in [1.29, 1.82) is 0 Å². The van der Waals surface area contributed by atoms with Crippen LogP contribution in [0.5, 0.6) is 5.75 Å². The fourth-order valence-electron chi connectivity index (χ4n) is 2.63. The normalized spacial score (nSPS) is 10.8. The Kier molecular flexibility index (Phi) is 6.81. The molecule has 3 rings (SSSR count). The van der Waals surface area contributed by atoms with Crippen molar-refractivity contribution in [3.05, 3.63) is 64.6 Å². The van der Waals surface area contributed by atoms with Crippen LogP contribution in [0.4, 0.5) is 18.9 Å². The Morgan fingerprint density at radius 3 is 2.55 bits per heavy atom. The summed E-state index contributed by atoms with van der Waals surface area (Å²) in [4.78, 5) is 24.5. The number of anilines is 1. The number of carbonyl (C=O) groups excluding carboxylic acids is 2. The second-order valence-electron chi connectivity index (χ2n) is 6.09. The number of esters is 1. The molecule has 1 N–H and O–H groups in total. The Morgan fingerprint density at radius 2 is 1.90 bits per heavy atom. The molecule has 0 fully saturated rings. The number of hydrogen-bond acceptors (Lipinski definition) is 6. The first kappa shape index (κ1) is 22.2. The molecule has 0 saturated heterocycles. The number of rotatable bonds is 7. The molecule has 0 bridgehead atoms. The summed E-state index contributed by atoms with van der Waals surface area (Å²) in [5, 5.41) is 6.12. The third kappa shape index (κ3) is 5.34. The van der Waals surface area contributed by atoms with Crippen molar-refractivity contribution in [2.24, 2.45) is 0 Å². The van der Waals surface area contributed by atoms with Crippen LogP contribution in [-0.4, -0.2) is 30.3 Å². The SMILES string of the molecule is Cc1onc(-c2c(F)cccc2Cl)c1C(=O)OCC(=O)Nc1ccc(OC(F)F)cc1. The molecule has 31 heavy (non-hydrogen) atoms. The van der Waals surface area contributed by atoms with Crippen molar-refractivity contribution in [2.45, 2.75) is 13.5 Å². The van der Waals surface area contributed by atoms with Gasteiger partial charge in [-0.15, -0.1) is 0 Å². The maximum Gasteiger partial charge on any atom is 0.387 e. The highest BCUT2D eigenvalue weighted by molar-refractivity contribution is 6.33. The molecule has 1 heterocycles. The number of halogens is 4. The van der Waals surface area contributed by atoms with Gasteiger partial charge in [-0.05, 0) is 43.3 Å². The molecule has 2 aromatic carbocycles. The number of amides is 1. The lowest BCUT2D eigenvalue weighted by atomic mass is 10.1. The van der Waals surface area contributed by atoms with Crippen LogP contribution in [0, 0.1) is 12.7 Å². The van der Waals surface area contributed by atoms with Crippen LogP contribution < -0.4 is 10.1 Å². The molecule has 0 radical (unpaired) electrons. The van der Waals surface area contributed by atoms with Crippen molar-refractivity contribution in [3.63, 3.8) is 0 Å². The van der Waals surface area contributed by atoms with E-state index in [1.54, 1.807) is 0 Å². The Hall–Kier alpha value is -3.53. The van der Waals surface area contributed by atoms with Gasteiger partial charge in [0.2, 0.25) is 0 Å². The summed E-state index contributed by atoms with van der Waals surface area (Å²) in [5.41, 5.74) is -0.194. The Labute approximate surface area is 178 Å². The zero-order valence-electron chi connectivity index (χ0n) is 15.8. The summed E-state index contributed by atoms with van der Waals surface area (Å²) in [5.74, 6) is -2.41. The molecule has 7 nitrogen and oxygen atoms in total. The fourth-order valence-corrected chi connectivity index (χ4v) is 2.88. The molecule has 1 amide bonds. The van der Waals surface area contributed by atoms with Crippen LogP contribution in [0.25, 0.3) is 11.3 Å². The molecule has 0 spiro atoms. The van der Waals surface area contributed by atoms with Gasteiger partial charge in [-0.1, -0.05) is 22.8 Å². The van der Waals surface area contributed by atoms with Crippen LogP contribution in [0.15, 0.2) is 47.0 Å². The van der Waals surface area contributed by atoms with E-state index in [0.29, 0.717) is 0 Å². The lowest BCUT2D eigenvalue weighted by Gasteiger charge is -2.09. The molecule has 0 unspecified atom stereocenters. The molecule has 162 valence electrons. The van der Waals surface area contributed by atoms with E-state index in [2.05, 4.69) is 15.2 Å². The first-order valence-electron chi connectivity index (χ1n) is 8.68. The molecule has 11 heteroatoms. The second-order valence-corrected chi connectivity index (χ2v) is 6.49. The molecule has 1 aromatic heterocycles. The number of benzene rings is 2. The monoisotopic (exact) mass is 454 g/mol. The number of nitrogens with zero attached hydrogens (tertiary/aromatic N) is 1. The summed E-state index contributed by atoms with van der Waals surface area (Å²) >= 11 is 6.02. The maximum atomic E-state index is 14.2. The largest absolute Gasteiger partial charge is 0.452 e. The van der Waals surface area contributed by atoms with Gasteiger partial charge in [0, 0.05) is 5.69 Å². The van der Waals surface area contributed by atoms with Crippen LogP contribution in [0.2, 0.25) is 5.02 Å². The quantitative estimate of drug-likeness (QED) is 0.514.